The largest absolute Gasteiger partial charge is 0.492 e. The van der Waals surface area contributed by atoms with Crippen LogP contribution in [0.3, 0.4) is 0 Å². The molecule has 4 aromatic rings. The number of nitrogens with zero attached hydrogens (tertiary/aromatic N) is 3. The van der Waals surface area contributed by atoms with E-state index in [-0.39, 0.29) is 5.91 Å². The summed E-state index contributed by atoms with van der Waals surface area (Å²) in [4.78, 5) is 20.2. The standard InChI is InChI=1S/C29H33N5O4/c1-18-14-21(16-23(15-18)38-13-10-34-8-11-37-12-9-34)29(36)30-22-5-4-19(2)25(17-22)26-7-6-24-27(20(3)35)32-33-28(24)31-26/h4-7,14-17,20,35H,8-13H2,1-3H3,(H,30,36)(H,31,32,33). The normalized spacial score (nSPS) is 14.9. The number of fused-ring (bicyclic) bond motifs is 1. The smallest absolute Gasteiger partial charge is 0.255 e. The van der Waals surface area contributed by atoms with Crippen molar-refractivity contribution in [3.05, 3.63) is 70.9 Å². The van der Waals surface area contributed by atoms with Gasteiger partial charge < -0.3 is 19.9 Å². The topological polar surface area (TPSA) is 113 Å². The summed E-state index contributed by atoms with van der Waals surface area (Å²) in [7, 11) is 0. The number of aromatic amines is 1. The third-order valence-corrected chi connectivity index (χ3v) is 6.71. The number of hydrogen-bond donors (Lipinski definition) is 3. The summed E-state index contributed by atoms with van der Waals surface area (Å²) in [5, 5.41) is 20.8. The second-order valence-electron chi connectivity index (χ2n) is 9.70. The van der Waals surface area contributed by atoms with Gasteiger partial charge in [0.2, 0.25) is 0 Å². The van der Waals surface area contributed by atoms with Crippen LogP contribution in [0.5, 0.6) is 5.75 Å². The zero-order chi connectivity index (χ0) is 26.6. The molecule has 9 heteroatoms. The van der Waals surface area contributed by atoms with Gasteiger partial charge in [-0.1, -0.05) is 6.07 Å². The van der Waals surface area contributed by atoms with Crippen LogP contribution in [0.25, 0.3) is 22.3 Å². The van der Waals surface area contributed by atoms with E-state index in [1.807, 2.05) is 56.3 Å². The third kappa shape index (κ3) is 5.85. The van der Waals surface area contributed by atoms with Crippen molar-refractivity contribution in [2.75, 3.05) is 44.8 Å². The molecule has 1 fully saturated rings. The molecule has 1 atom stereocenters. The number of morpholine rings is 1. The Bertz CT molecular complexity index is 1440. The number of nitrogens with one attached hydrogen (secondary N) is 2. The number of anilines is 1. The number of ether oxygens (including phenoxy) is 2. The van der Waals surface area contributed by atoms with Crippen molar-refractivity contribution in [2.24, 2.45) is 0 Å². The van der Waals surface area contributed by atoms with E-state index < -0.39 is 6.10 Å². The summed E-state index contributed by atoms with van der Waals surface area (Å²) >= 11 is 0. The van der Waals surface area contributed by atoms with E-state index in [1.165, 1.54) is 0 Å². The van der Waals surface area contributed by atoms with Crippen LogP contribution in [-0.4, -0.2) is 70.5 Å². The number of benzene rings is 2. The molecule has 1 aliphatic rings. The highest BCUT2D eigenvalue weighted by atomic mass is 16.5. The van der Waals surface area contributed by atoms with Crippen LogP contribution in [0.15, 0.2) is 48.5 Å². The van der Waals surface area contributed by atoms with E-state index in [1.54, 1.807) is 13.0 Å². The first-order valence-electron chi connectivity index (χ1n) is 12.9. The Labute approximate surface area is 221 Å². The Balaban J connectivity index is 1.30. The van der Waals surface area contributed by atoms with Crippen LogP contribution in [0, 0.1) is 13.8 Å². The molecule has 0 radical (unpaired) electrons. The molecule has 1 saturated heterocycles. The van der Waals surface area contributed by atoms with E-state index >= 15 is 0 Å². The Kier molecular flexibility index (Phi) is 7.69. The van der Waals surface area contributed by atoms with Gasteiger partial charge in [0.1, 0.15) is 12.4 Å². The van der Waals surface area contributed by atoms with E-state index in [2.05, 4.69) is 20.4 Å². The Hall–Kier alpha value is -3.79. The summed E-state index contributed by atoms with van der Waals surface area (Å²) in [6.07, 6.45) is -0.686. The first-order chi connectivity index (χ1) is 18.4. The Morgan fingerprint density at radius 2 is 1.97 bits per heavy atom. The minimum Gasteiger partial charge on any atom is -0.492 e. The second-order valence-corrected chi connectivity index (χ2v) is 9.70. The lowest BCUT2D eigenvalue weighted by molar-refractivity contribution is 0.0322. The lowest BCUT2D eigenvalue weighted by Crippen LogP contribution is -2.38. The van der Waals surface area contributed by atoms with Crippen molar-refractivity contribution in [2.45, 2.75) is 26.9 Å². The van der Waals surface area contributed by atoms with E-state index in [9.17, 15) is 9.90 Å². The molecule has 5 rings (SSSR count). The number of carbonyl (C=O) groups is 1. The van der Waals surface area contributed by atoms with Gasteiger partial charge in [-0.15, -0.1) is 0 Å². The highest BCUT2D eigenvalue weighted by Crippen LogP contribution is 2.29. The molecule has 0 aliphatic carbocycles. The van der Waals surface area contributed by atoms with Crippen LogP contribution in [0.1, 0.15) is 40.2 Å². The molecule has 38 heavy (non-hydrogen) atoms. The van der Waals surface area contributed by atoms with Gasteiger partial charge in [0.15, 0.2) is 5.65 Å². The number of rotatable bonds is 8. The highest BCUT2D eigenvalue weighted by molar-refractivity contribution is 6.05. The van der Waals surface area contributed by atoms with Crippen LogP contribution >= 0.6 is 0 Å². The van der Waals surface area contributed by atoms with Crippen LogP contribution in [-0.2, 0) is 4.74 Å². The summed E-state index contributed by atoms with van der Waals surface area (Å²) < 4.78 is 11.4. The first kappa shape index (κ1) is 25.8. The molecule has 198 valence electrons. The summed E-state index contributed by atoms with van der Waals surface area (Å²) in [6.45, 7) is 10.4. The molecule has 1 unspecified atom stereocenters. The summed E-state index contributed by atoms with van der Waals surface area (Å²) in [5.41, 5.74) is 6.01. The molecule has 1 aliphatic heterocycles. The number of aryl methyl sites for hydroxylation is 2. The quantitative estimate of drug-likeness (QED) is 0.321. The van der Waals surface area contributed by atoms with Gasteiger partial charge in [-0.2, -0.15) is 5.10 Å². The van der Waals surface area contributed by atoms with Crippen molar-refractivity contribution in [3.8, 4) is 17.0 Å². The van der Waals surface area contributed by atoms with Gasteiger partial charge in [0, 0.05) is 41.8 Å². The lowest BCUT2D eigenvalue weighted by Gasteiger charge is -2.26. The van der Waals surface area contributed by atoms with Gasteiger partial charge in [-0.05, 0) is 74.4 Å². The minimum absolute atomic E-state index is 0.208. The van der Waals surface area contributed by atoms with Gasteiger partial charge in [-0.3, -0.25) is 14.8 Å². The molecule has 0 saturated carbocycles. The number of aliphatic hydroxyl groups excluding tert-OH is 1. The molecular weight excluding hydrogens is 482 g/mol. The molecule has 3 heterocycles. The average molecular weight is 516 g/mol. The number of amides is 1. The fraction of sp³-hybridized carbons (Fsp3) is 0.345. The number of pyridine rings is 1. The zero-order valence-electron chi connectivity index (χ0n) is 22.0. The maximum atomic E-state index is 13.2. The van der Waals surface area contributed by atoms with E-state index in [0.717, 1.165) is 60.6 Å². The number of aromatic nitrogens is 3. The van der Waals surface area contributed by atoms with Crippen molar-refractivity contribution in [3.63, 3.8) is 0 Å². The second kappa shape index (κ2) is 11.3. The van der Waals surface area contributed by atoms with Crippen molar-refractivity contribution < 1.29 is 19.4 Å². The molecule has 0 spiro atoms. The molecule has 0 bridgehead atoms. The van der Waals surface area contributed by atoms with Gasteiger partial charge in [0.25, 0.3) is 5.91 Å². The zero-order valence-corrected chi connectivity index (χ0v) is 22.0. The predicted octanol–water partition coefficient (Wildman–Crippen LogP) is 4.26. The molecular formula is C29H33N5O4. The predicted molar refractivity (Wildman–Crippen MR) is 147 cm³/mol. The highest BCUT2D eigenvalue weighted by Gasteiger charge is 2.15. The maximum absolute atomic E-state index is 13.2. The monoisotopic (exact) mass is 515 g/mol. The Morgan fingerprint density at radius 1 is 1.16 bits per heavy atom. The van der Waals surface area contributed by atoms with Crippen molar-refractivity contribution in [1.29, 1.82) is 0 Å². The van der Waals surface area contributed by atoms with Gasteiger partial charge in [0.05, 0.1) is 30.7 Å². The summed E-state index contributed by atoms with van der Waals surface area (Å²) in [5.74, 6) is 0.474. The number of aliphatic hydroxyl groups is 1. The SMILES string of the molecule is Cc1cc(OCCN2CCOCC2)cc(C(=O)Nc2ccc(C)c(-c3ccc4c(C(C)O)n[nH]c4n3)c2)c1. The lowest BCUT2D eigenvalue weighted by atomic mass is 10.0. The molecule has 1 amide bonds. The number of carbonyl (C=O) groups excluding carboxylic acids is 1. The molecule has 3 N–H and O–H groups in total. The molecule has 2 aromatic heterocycles. The van der Waals surface area contributed by atoms with E-state index in [4.69, 9.17) is 14.5 Å². The van der Waals surface area contributed by atoms with Gasteiger partial charge in [-0.25, -0.2) is 4.98 Å². The molecule has 2 aromatic carbocycles. The Morgan fingerprint density at radius 3 is 2.76 bits per heavy atom. The van der Waals surface area contributed by atoms with Crippen molar-refractivity contribution >= 4 is 22.6 Å². The van der Waals surface area contributed by atoms with Crippen molar-refractivity contribution in [1.82, 2.24) is 20.1 Å². The fourth-order valence-electron chi connectivity index (χ4n) is 4.65. The van der Waals surface area contributed by atoms with Gasteiger partial charge >= 0.3 is 0 Å². The van der Waals surface area contributed by atoms with Crippen LogP contribution in [0.4, 0.5) is 5.69 Å². The van der Waals surface area contributed by atoms with Crippen LogP contribution < -0.4 is 10.1 Å². The minimum atomic E-state index is -0.686. The number of H-pyrrole nitrogens is 1. The third-order valence-electron chi connectivity index (χ3n) is 6.71. The van der Waals surface area contributed by atoms with E-state index in [0.29, 0.717) is 34.9 Å². The first-order valence-corrected chi connectivity index (χ1v) is 12.9. The maximum Gasteiger partial charge on any atom is 0.255 e. The average Bonchev–Trinajstić information content (AvgIpc) is 3.34. The number of hydrogen-bond acceptors (Lipinski definition) is 7. The van der Waals surface area contributed by atoms with Crippen LogP contribution in [0.2, 0.25) is 0 Å². The summed E-state index contributed by atoms with van der Waals surface area (Å²) in [6, 6.07) is 15.1. The molecule has 9 nitrogen and oxygen atoms in total. The fourth-order valence-corrected chi connectivity index (χ4v) is 4.65.